The van der Waals surface area contributed by atoms with Gasteiger partial charge >= 0.3 is 0 Å². The molecule has 0 aromatic heterocycles. The number of hydrogen-bond acceptors (Lipinski definition) is 3. The molecule has 0 aliphatic carbocycles. The molecule has 0 spiro atoms. The topological polar surface area (TPSA) is 27.7 Å². The first-order chi connectivity index (χ1) is 12.6. The summed E-state index contributed by atoms with van der Waals surface area (Å²) in [5, 5.41) is 4.63. The smallest absolute Gasteiger partial charge is 0.173 e. The van der Waals surface area contributed by atoms with E-state index in [1.165, 1.54) is 5.56 Å². The quantitative estimate of drug-likeness (QED) is 0.781. The van der Waals surface area contributed by atoms with E-state index in [-0.39, 0.29) is 0 Å². The highest BCUT2D eigenvalue weighted by Gasteiger charge is 2.23. The molecule has 6 heteroatoms. The second kappa shape index (κ2) is 8.71. The Kier molecular flexibility index (Phi) is 6.35. The summed E-state index contributed by atoms with van der Waals surface area (Å²) in [5.41, 5.74) is 2.15. The van der Waals surface area contributed by atoms with Crippen LogP contribution in [0.5, 0.6) is 5.75 Å². The summed E-state index contributed by atoms with van der Waals surface area (Å²) < 4.78 is 5.38. The minimum Gasteiger partial charge on any atom is -0.495 e. The van der Waals surface area contributed by atoms with Gasteiger partial charge in [0.2, 0.25) is 0 Å². The molecule has 1 N–H and O–H groups in total. The van der Waals surface area contributed by atoms with Gasteiger partial charge in [-0.3, -0.25) is 4.90 Å². The van der Waals surface area contributed by atoms with Gasteiger partial charge in [0.15, 0.2) is 5.11 Å². The molecule has 138 valence electrons. The number of nitrogens with zero attached hydrogens (tertiary/aromatic N) is 2. The van der Waals surface area contributed by atoms with Gasteiger partial charge in [0, 0.05) is 37.2 Å². The number of rotatable bonds is 4. The summed E-state index contributed by atoms with van der Waals surface area (Å²) in [4.78, 5) is 4.69. The first kappa shape index (κ1) is 19.0. The Morgan fingerprint density at radius 1 is 1.12 bits per heavy atom. The van der Waals surface area contributed by atoms with Crippen molar-refractivity contribution in [2.24, 2.45) is 0 Å². The normalized spacial score (nSPS) is 16.2. The third-order valence-corrected chi connectivity index (χ3v) is 5.43. The zero-order valence-corrected chi connectivity index (χ0v) is 16.7. The molecule has 1 unspecified atom stereocenters. The van der Waals surface area contributed by atoms with Gasteiger partial charge in [-0.2, -0.15) is 0 Å². The SMILES string of the molecule is COc1ccc(Cl)cc1NC(=S)N1CCN(C(C)c2ccccc2)CC1. The molecule has 0 saturated carbocycles. The summed E-state index contributed by atoms with van der Waals surface area (Å²) in [5.74, 6) is 0.730. The number of halogens is 1. The molecule has 3 rings (SSSR count). The summed E-state index contributed by atoms with van der Waals surface area (Å²) in [6, 6.07) is 16.5. The summed E-state index contributed by atoms with van der Waals surface area (Å²) in [6.45, 7) is 6.01. The molecule has 1 aliphatic heterocycles. The van der Waals surface area contributed by atoms with Gasteiger partial charge in [0.05, 0.1) is 12.8 Å². The van der Waals surface area contributed by atoms with Crippen molar-refractivity contribution in [1.29, 1.82) is 0 Å². The van der Waals surface area contributed by atoms with E-state index in [4.69, 9.17) is 28.6 Å². The van der Waals surface area contributed by atoms with Crippen LogP contribution >= 0.6 is 23.8 Å². The number of nitrogens with one attached hydrogen (secondary N) is 1. The van der Waals surface area contributed by atoms with Gasteiger partial charge < -0.3 is 15.0 Å². The van der Waals surface area contributed by atoms with Gasteiger partial charge in [-0.25, -0.2) is 0 Å². The van der Waals surface area contributed by atoms with Crippen LogP contribution in [0.4, 0.5) is 5.69 Å². The maximum Gasteiger partial charge on any atom is 0.173 e. The van der Waals surface area contributed by atoms with Crippen LogP contribution in [-0.4, -0.2) is 48.2 Å². The minimum absolute atomic E-state index is 0.410. The van der Waals surface area contributed by atoms with E-state index in [1.807, 2.05) is 12.1 Å². The zero-order valence-electron chi connectivity index (χ0n) is 15.1. The van der Waals surface area contributed by atoms with E-state index in [0.29, 0.717) is 16.2 Å². The third-order valence-electron chi connectivity index (χ3n) is 4.83. The number of piperazine rings is 1. The third kappa shape index (κ3) is 4.47. The van der Waals surface area contributed by atoms with E-state index in [2.05, 4.69) is 52.4 Å². The van der Waals surface area contributed by atoms with Gasteiger partial charge in [-0.05, 0) is 42.9 Å². The number of thiocarbonyl (C=S) groups is 1. The van der Waals surface area contributed by atoms with E-state index in [9.17, 15) is 0 Å². The Bertz CT molecular complexity index is 748. The molecule has 4 nitrogen and oxygen atoms in total. The van der Waals surface area contributed by atoms with Gasteiger partial charge in [0.25, 0.3) is 0 Å². The second-order valence-electron chi connectivity index (χ2n) is 6.38. The lowest BCUT2D eigenvalue weighted by atomic mass is 10.1. The predicted molar refractivity (Wildman–Crippen MR) is 112 cm³/mol. The van der Waals surface area contributed by atoms with Crippen LogP contribution in [0.15, 0.2) is 48.5 Å². The van der Waals surface area contributed by atoms with Crippen molar-refractivity contribution in [2.45, 2.75) is 13.0 Å². The lowest BCUT2D eigenvalue weighted by molar-refractivity contribution is 0.142. The van der Waals surface area contributed by atoms with Crippen molar-refractivity contribution in [3.63, 3.8) is 0 Å². The molecule has 1 heterocycles. The van der Waals surface area contributed by atoms with Crippen molar-refractivity contribution in [2.75, 3.05) is 38.6 Å². The Balaban J connectivity index is 1.58. The molecule has 0 radical (unpaired) electrons. The lowest BCUT2D eigenvalue weighted by Gasteiger charge is -2.39. The summed E-state index contributed by atoms with van der Waals surface area (Å²) >= 11 is 11.7. The molecule has 0 amide bonds. The van der Waals surface area contributed by atoms with Crippen LogP contribution in [0.1, 0.15) is 18.5 Å². The van der Waals surface area contributed by atoms with Gasteiger partial charge in [0.1, 0.15) is 5.75 Å². The highest BCUT2D eigenvalue weighted by Crippen LogP contribution is 2.28. The second-order valence-corrected chi connectivity index (χ2v) is 7.21. The molecule has 2 aromatic rings. The van der Waals surface area contributed by atoms with Crippen molar-refractivity contribution < 1.29 is 4.74 Å². The molecule has 26 heavy (non-hydrogen) atoms. The largest absolute Gasteiger partial charge is 0.495 e. The Hall–Kier alpha value is -1.82. The van der Waals surface area contributed by atoms with E-state index < -0.39 is 0 Å². The fraction of sp³-hybridized carbons (Fsp3) is 0.350. The van der Waals surface area contributed by atoms with Crippen molar-refractivity contribution in [3.05, 3.63) is 59.1 Å². The first-order valence-corrected chi connectivity index (χ1v) is 9.55. The molecule has 2 aromatic carbocycles. The maximum absolute atomic E-state index is 6.10. The van der Waals surface area contributed by atoms with Gasteiger partial charge in [-0.1, -0.05) is 41.9 Å². The highest BCUT2D eigenvalue weighted by molar-refractivity contribution is 7.80. The highest BCUT2D eigenvalue weighted by atomic mass is 35.5. The molecule has 1 aliphatic rings. The van der Waals surface area contributed by atoms with Crippen molar-refractivity contribution in [1.82, 2.24) is 9.80 Å². The molecule has 1 saturated heterocycles. The fourth-order valence-electron chi connectivity index (χ4n) is 3.23. The van der Waals surface area contributed by atoms with Crippen LogP contribution in [0.3, 0.4) is 0 Å². The molecular formula is C20H24ClN3OS. The monoisotopic (exact) mass is 389 g/mol. The number of methoxy groups -OCH3 is 1. The van der Waals surface area contributed by atoms with Crippen molar-refractivity contribution in [3.8, 4) is 5.75 Å². The average Bonchev–Trinajstić information content (AvgIpc) is 2.68. The van der Waals surface area contributed by atoms with Crippen LogP contribution in [-0.2, 0) is 0 Å². The van der Waals surface area contributed by atoms with E-state index >= 15 is 0 Å². The molecular weight excluding hydrogens is 366 g/mol. The van der Waals surface area contributed by atoms with Crippen molar-refractivity contribution >= 4 is 34.6 Å². The van der Waals surface area contributed by atoms with Crippen LogP contribution < -0.4 is 10.1 Å². The number of benzene rings is 2. The molecule has 1 fully saturated rings. The summed E-state index contributed by atoms with van der Waals surface area (Å²) in [6.07, 6.45) is 0. The van der Waals surface area contributed by atoms with E-state index in [1.54, 1.807) is 13.2 Å². The number of anilines is 1. The van der Waals surface area contributed by atoms with Crippen LogP contribution in [0, 0.1) is 0 Å². The first-order valence-electron chi connectivity index (χ1n) is 8.77. The lowest BCUT2D eigenvalue weighted by Crippen LogP contribution is -2.50. The van der Waals surface area contributed by atoms with Crippen LogP contribution in [0.25, 0.3) is 0 Å². The Labute approximate surface area is 165 Å². The zero-order chi connectivity index (χ0) is 18.5. The van der Waals surface area contributed by atoms with E-state index in [0.717, 1.165) is 37.6 Å². The maximum atomic E-state index is 6.10. The summed E-state index contributed by atoms with van der Waals surface area (Å²) in [7, 11) is 1.64. The van der Waals surface area contributed by atoms with Crippen LogP contribution in [0.2, 0.25) is 5.02 Å². The number of ether oxygens (including phenoxy) is 1. The Morgan fingerprint density at radius 2 is 1.81 bits per heavy atom. The number of hydrogen-bond donors (Lipinski definition) is 1. The molecule has 1 atom stereocenters. The Morgan fingerprint density at radius 3 is 2.46 bits per heavy atom. The average molecular weight is 390 g/mol. The standard InChI is InChI=1S/C20H24ClN3OS/c1-15(16-6-4-3-5-7-16)23-10-12-24(13-11-23)20(26)22-18-14-17(21)8-9-19(18)25-2/h3-9,14-15H,10-13H2,1-2H3,(H,22,26). The van der Waals surface area contributed by atoms with Gasteiger partial charge in [-0.15, -0.1) is 0 Å². The molecule has 0 bridgehead atoms. The fourth-order valence-corrected chi connectivity index (χ4v) is 3.69. The minimum atomic E-state index is 0.410. The predicted octanol–water partition coefficient (Wildman–Crippen LogP) is 4.42.